The van der Waals surface area contributed by atoms with Crippen molar-refractivity contribution in [3.05, 3.63) is 65.7 Å². The molecule has 128 valence electrons. The van der Waals surface area contributed by atoms with E-state index in [1.165, 1.54) is 5.56 Å². The lowest BCUT2D eigenvalue weighted by Gasteiger charge is -2.22. The summed E-state index contributed by atoms with van der Waals surface area (Å²) >= 11 is 0. The number of ether oxygens (including phenoxy) is 1. The molecule has 0 fully saturated rings. The molecule has 2 aromatic rings. The average Bonchev–Trinajstić information content (AvgIpc) is 2.58. The van der Waals surface area contributed by atoms with Crippen molar-refractivity contribution in [3.8, 4) is 5.75 Å². The van der Waals surface area contributed by atoms with E-state index in [1.807, 2.05) is 60.4 Å². The standard InChI is InChI=1S/C21H27NO2/c1-5-22(15-17-10-7-6-8-11-17)20(23)16-24-19-13-9-12-18(14-19)21(2,3)4/h6-14H,5,15-16H2,1-4H3. The number of hydrogen-bond acceptors (Lipinski definition) is 2. The Hall–Kier alpha value is -2.29. The van der Waals surface area contributed by atoms with Crippen LogP contribution in [0.1, 0.15) is 38.8 Å². The minimum atomic E-state index is 0.00233. The summed E-state index contributed by atoms with van der Waals surface area (Å²) in [5, 5.41) is 0. The van der Waals surface area contributed by atoms with Gasteiger partial charge in [-0.1, -0.05) is 63.2 Å². The molecule has 0 heterocycles. The van der Waals surface area contributed by atoms with Crippen molar-refractivity contribution in [2.24, 2.45) is 0 Å². The lowest BCUT2D eigenvalue weighted by molar-refractivity contribution is -0.133. The van der Waals surface area contributed by atoms with Crippen LogP contribution in [-0.4, -0.2) is 24.0 Å². The molecule has 0 aliphatic carbocycles. The molecule has 0 bridgehead atoms. The highest BCUT2D eigenvalue weighted by Gasteiger charge is 2.16. The maximum atomic E-state index is 12.4. The van der Waals surface area contributed by atoms with Crippen LogP contribution in [0.25, 0.3) is 0 Å². The topological polar surface area (TPSA) is 29.5 Å². The normalized spacial score (nSPS) is 11.2. The molecule has 2 rings (SSSR count). The van der Waals surface area contributed by atoms with Crippen molar-refractivity contribution in [3.63, 3.8) is 0 Å². The van der Waals surface area contributed by atoms with E-state index in [-0.39, 0.29) is 17.9 Å². The Kier molecular flexibility index (Phi) is 6.02. The van der Waals surface area contributed by atoms with Crippen molar-refractivity contribution in [1.29, 1.82) is 0 Å². The summed E-state index contributed by atoms with van der Waals surface area (Å²) in [5.41, 5.74) is 2.39. The number of hydrogen-bond donors (Lipinski definition) is 0. The molecule has 24 heavy (non-hydrogen) atoms. The molecule has 0 spiro atoms. The summed E-state index contributed by atoms with van der Waals surface area (Å²) in [4.78, 5) is 14.2. The van der Waals surface area contributed by atoms with Gasteiger partial charge in [0.1, 0.15) is 5.75 Å². The lowest BCUT2D eigenvalue weighted by atomic mass is 9.87. The third-order valence-corrected chi connectivity index (χ3v) is 4.01. The first-order chi connectivity index (χ1) is 11.4. The first-order valence-corrected chi connectivity index (χ1v) is 8.45. The van der Waals surface area contributed by atoms with Crippen molar-refractivity contribution < 1.29 is 9.53 Å². The smallest absolute Gasteiger partial charge is 0.260 e. The van der Waals surface area contributed by atoms with Crippen molar-refractivity contribution in [2.45, 2.75) is 39.7 Å². The minimum Gasteiger partial charge on any atom is -0.484 e. The Bertz CT molecular complexity index is 659. The maximum absolute atomic E-state index is 12.4. The van der Waals surface area contributed by atoms with Crippen molar-refractivity contribution in [2.75, 3.05) is 13.2 Å². The van der Waals surface area contributed by atoms with Crippen LogP contribution in [0.4, 0.5) is 0 Å². The minimum absolute atomic E-state index is 0.00233. The number of benzene rings is 2. The lowest BCUT2D eigenvalue weighted by Crippen LogP contribution is -2.34. The van der Waals surface area contributed by atoms with Gasteiger partial charge in [-0.2, -0.15) is 0 Å². The number of likely N-dealkylation sites (N-methyl/N-ethyl adjacent to an activating group) is 1. The predicted octanol–water partition coefficient (Wildman–Crippen LogP) is 4.41. The molecule has 0 saturated heterocycles. The van der Waals surface area contributed by atoms with Gasteiger partial charge in [-0.3, -0.25) is 4.79 Å². The summed E-state index contributed by atoms with van der Waals surface area (Å²) in [6.07, 6.45) is 0. The second-order valence-corrected chi connectivity index (χ2v) is 6.96. The molecule has 0 atom stereocenters. The average molecular weight is 325 g/mol. The summed E-state index contributed by atoms with van der Waals surface area (Å²) in [5.74, 6) is 0.744. The van der Waals surface area contributed by atoms with Gasteiger partial charge in [0.15, 0.2) is 6.61 Å². The first-order valence-electron chi connectivity index (χ1n) is 8.45. The van der Waals surface area contributed by atoms with E-state index in [0.717, 1.165) is 11.3 Å². The molecule has 0 radical (unpaired) electrons. The zero-order valence-corrected chi connectivity index (χ0v) is 15.1. The van der Waals surface area contributed by atoms with Gasteiger partial charge in [-0.25, -0.2) is 0 Å². The van der Waals surface area contributed by atoms with E-state index in [1.54, 1.807) is 0 Å². The number of amides is 1. The zero-order chi connectivity index (χ0) is 17.6. The van der Waals surface area contributed by atoms with Crippen LogP contribution in [-0.2, 0) is 16.8 Å². The molecule has 0 unspecified atom stereocenters. The van der Waals surface area contributed by atoms with Gasteiger partial charge in [-0.05, 0) is 35.6 Å². The van der Waals surface area contributed by atoms with E-state index in [4.69, 9.17) is 4.74 Å². The molecule has 3 nitrogen and oxygen atoms in total. The molecule has 0 N–H and O–H groups in total. The fourth-order valence-electron chi connectivity index (χ4n) is 2.47. The van der Waals surface area contributed by atoms with Gasteiger partial charge >= 0.3 is 0 Å². The van der Waals surface area contributed by atoms with E-state index >= 15 is 0 Å². The van der Waals surface area contributed by atoms with Crippen molar-refractivity contribution in [1.82, 2.24) is 4.90 Å². The highest BCUT2D eigenvalue weighted by atomic mass is 16.5. The summed E-state index contributed by atoms with van der Waals surface area (Å²) in [6.45, 7) is 9.82. The SMILES string of the molecule is CCN(Cc1ccccc1)C(=O)COc1cccc(C(C)(C)C)c1. The summed E-state index contributed by atoms with van der Waals surface area (Å²) in [6, 6.07) is 18.0. The molecule has 0 saturated carbocycles. The van der Waals surface area contributed by atoms with Crippen LogP contribution in [0.15, 0.2) is 54.6 Å². The monoisotopic (exact) mass is 325 g/mol. The fraction of sp³-hybridized carbons (Fsp3) is 0.381. The predicted molar refractivity (Wildman–Crippen MR) is 98.2 cm³/mol. The Morgan fingerprint density at radius 1 is 1.04 bits per heavy atom. The molecule has 1 amide bonds. The maximum Gasteiger partial charge on any atom is 0.260 e. The second kappa shape index (κ2) is 8.00. The molecule has 3 heteroatoms. The Morgan fingerprint density at radius 2 is 1.75 bits per heavy atom. The Labute approximate surface area is 145 Å². The molecule has 0 aliphatic heterocycles. The number of nitrogens with zero attached hydrogens (tertiary/aromatic N) is 1. The number of rotatable bonds is 6. The Balaban J connectivity index is 1.96. The molecule has 0 aliphatic rings. The summed E-state index contributed by atoms with van der Waals surface area (Å²) in [7, 11) is 0. The van der Waals surface area contributed by atoms with Gasteiger partial charge in [-0.15, -0.1) is 0 Å². The van der Waals surface area contributed by atoms with Crippen LogP contribution in [0.5, 0.6) is 5.75 Å². The van der Waals surface area contributed by atoms with Crippen LogP contribution in [0.3, 0.4) is 0 Å². The molecular formula is C21H27NO2. The van der Waals surface area contributed by atoms with Crippen LogP contribution >= 0.6 is 0 Å². The van der Waals surface area contributed by atoms with Crippen LogP contribution in [0, 0.1) is 0 Å². The van der Waals surface area contributed by atoms with E-state index in [9.17, 15) is 4.79 Å². The highest BCUT2D eigenvalue weighted by molar-refractivity contribution is 5.77. The van der Waals surface area contributed by atoms with E-state index < -0.39 is 0 Å². The van der Waals surface area contributed by atoms with Gasteiger partial charge in [0, 0.05) is 13.1 Å². The fourth-order valence-corrected chi connectivity index (χ4v) is 2.47. The Morgan fingerprint density at radius 3 is 2.38 bits per heavy atom. The van der Waals surface area contributed by atoms with Crippen LogP contribution < -0.4 is 4.74 Å². The number of carbonyl (C=O) groups is 1. The zero-order valence-electron chi connectivity index (χ0n) is 15.1. The summed E-state index contributed by atoms with van der Waals surface area (Å²) < 4.78 is 5.73. The third kappa shape index (κ3) is 5.12. The first kappa shape index (κ1) is 18.1. The van der Waals surface area contributed by atoms with Gasteiger partial charge < -0.3 is 9.64 Å². The van der Waals surface area contributed by atoms with Gasteiger partial charge in [0.25, 0.3) is 5.91 Å². The molecular weight excluding hydrogens is 298 g/mol. The van der Waals surface area contributed by atoms with Crippen LogP contribution in [0.2, 0.25) is 0 Å². The quantitative estimate of drug-likeness (QED) is 0.787. The largest absolute Gasteiger partial charge is 0.484 e. The second-order valence-electron chi connectivity index (χ2n) is 6.96. The third-order valence-electron chi connectivity index (χ3n) is 4.01. The highest BCUT2D eigenvalue weighted by Crippen LogP contribution is 2.25. The molecule has 0 aromatic heterocycles. The van der Waals surface area contributed by atoms with Crippen molar-refractivity contribution >= 4 is 5.91 Å². The van der Waals surface area contributed by atoms with Gasteiger partial charge in [0.05, 0.1) is 0 Å². The number of carbonyl (C=O) groups excluding carboxylic acids is 1. The van der Waals surface area contributed by atoms with E-state index in [2.05, 4.69) is 26.8 Å². The van der Waals surface area contributed by atoms with E-state index in [0.29, 0.717) is 13.1 Å². The van der Waals surface area contributed by atoms with Gasteiger partial charge in [0.2, 0.25) is 0 Å². The molecule has 2 aromatic carbocycles.